The van der Waals surface area contributed by atoms with Crippen LogP contribution in [0.25, 0.3) is 0 Å². The molecular weight excluding hydrogens is 342 g/mol. The fourth-order valence-corrected chi connectivity index (χ4v) is 3.20. The minimum absolute atomic E-state index is 0. The van der Waals surface area contributed by atoms with Crippen molar-refractivity contribution in [1.82, 2.24) is 10.1 Å². The highest BCUT2D eigenvalue weighted by Crippen LogP contribution is 2.24. The van der Waals surface area contributed by atoms with E-state index in [-0.39, 0.29) is 30.3 Å². The largest absolute Gasteiger partial charge is 0.399 e. The summed E-state index contributed by atoms with van der Waals surface area (Å²) in [6.07, 6.45) is 1.13. The van der Waals surface area contributed by atoms with Gasteiger partial charge < -0.3 is 19.9 Å². The third-order valence-corrected chi connectivity index (χ3v) is 4.51. The van der Waals surface area contributed by atoms with Crippen LogP contribution in [0, 0.1) is 12.8 Å². The van der Waals surface area contributed by atoms with Crippen molar-refractivity contribution in [2.45, 2.75) is 25.9 Å². The Labute approximate surface area is 153 Å². The Morgan fingerprint density at radius 3 is 2.68 bits per heavy atom. The van der Waals surface area contributed by atoms with Gasteiger partial charge in [-0.05, 0) is 24.6 Å². The van der Waals surface area contributed by atoms with Crippen LogP contribution in [-0.4, -0.2) is 42.3 Å². The molecule has 7 heteroatoms. The van der Waals surface area contributed by atoms with Crippen molar-refractivity contribution in [2.75, 3.05) is 25.9 Å². The van der Waals surface area contributed by atoms with Crippen molar-refractivity contribution < 1.29 is 14.1 Å². The number of halogens is 1. The monoisotopic (exact) mass is 365 g/mol. The number of benzene rings is 1. The van der Waals surface area contributed by atoms with Crippen molar-refractivity contribution in [3.05, 3.63) is 47.3 Å². The molecule has 2 aromatic rings. The molecule has 1 aliphatic heterocycles. The summed E-state index contributed by atoms with van der Waals surface area (Å²) >= 11 is 0. The Balaban J connectivity index is 0.00000225. The molecule has 0 spiro atoms. The van der Waals surface area contributed by atoms with E-state index < -0.39 is 0 Å². The summed E-state index contributed by atoms with van der Waals surface area (Å²) in [7, 11) is 1.69. The van der Waals surface area contributed by atoms with Gasteiger partial charge >= 0.3 is 0 Å². The number of aryl methyl sites for hydroxylation is 1. The zero-order valence-electron chi connectivity index (χ0n) is 14.5. The van der Waals surface area contributed by atoms with Crippen LogP contribution < -0.4 is 5.73 Å². The number of hydrogen-bond donors (Lipinski definition) is 1. The molecule has 2 atom stereocenters. The molecule has 0 aliphatic carbocycles. The average Bonchev–Trinajstić information content (AvgIpc) is 3.16. The number of nitrogens with zero attached hydrogens (tertiary/aromatic N) is 2. The highest BCUT2D eigenvalue weighted by atomic mass is 35.5. The molecule has 6 nitrogen and oxygen atoms in total. The number of anilines is 1. The molecule has 1 saturated heterocycles. The summed E-state index contributed by atoms with van der Waals surface area (Å²) in [4.78, 5) is 14.4. The molecule has 0 saturated carbocycles. The van der Waals surface area contributed by atoms with Gasteiger partial charge in [0.1, 0.15) is 5.76 Å². The van der Waals surface area contributed by atoms with Gasteiger partial charge in [0.25, 0.3) is 0 Å². The maximum atomic E-state index is 12.6. The van der Waals surface area contributed by atoms with E-state index in [0.717, 1.165) is 23.4 Å². The van der Waals surface area contributed by atoms with Crippen molar-refractivity contribution in [2.24, 2.45) is 5.92 Å². The molecule has 1 amide bonds. The van der Waals surface area contributed by atoms with Gasteiger partial charge in [-0.3, -0.25) is 4.79 Å². The number of carbonyl (C=O) groups excluding carboxylic acids is 1. The molecule has 3 rings (SSSR count). The van der Waals surface area contributed by atoms with E-state index in [1.54, 1.807) is 7.11 Å². The minimum atomic E-state index is 0. The Morgan fingerprint density at radius 1 is 1.36 bits per heavy atom. The zero-order chi connectivity index (χ0) is 17.1. The first kappa shape index (κ1) is 19.3. The Kier molecular flexibility index (Phi) is 6.45. The number of likely N-dealkylation sites (tertiary alicyclic amines) is 1. The van der Waals surface area contributed by atoms with Crippen LogP contribution in [0.15, 0.2) is 34.9 Å². The second-order valence-electron chi connectivity index (χ2n) is 6.39. The van der Waals surface area contributed by atoms with Crippen LogP contribution in [0.4, 0.5) is 5.69 Å². The van der Waals surface area contributed by atoms with E-state index >= 15 is 0 Å². The van der Waals surface area contributed by atoms with Crippen LogP contribution in [0.3, 0.4) is 0 Å². The highest BCUT2D eigenvalue weighted by molar-refractivity contribution is 5.85. The lowest BCUT2D eigenvalue weighted by Crippen LogP contribution is -2.31. The van der Waals surface area contributed by atoms with Gasteiger partial charge in [-0.2, -0.15) is 0 Å². The zero-order valence-corrected chi connectivity index (χ0v) is 15.3. The number of hydrogen-bond acceptors (Lipinski definition) is 5. The predicted octanol–water partition coefficient (Wildman–Crippen LogP) is 2.25. The molecule has 25 heavy (non-hydrogen) atoms. The lowest BCUT2D eigenvalue weighted by molar-refractivity contribution is -0.129. The Hall–Kier alpha value is -2.05. The van der Waals surface area contributed by atoms with E-state index in [0.29, 0.717) is 25.2 Å². The van der Waals surface area contributed by atoms with Crippen LogP contribution in [-0.2, 0) is 22.4 Å². The molecule has 2 heterocycles. The molecular formula is C18H24ClN3O3. The van der Waals surface area contributed by atoms with E-state index in [4.69, 9.17) is 15.0 Å². The summed E-state index contributed by atoms with van der Waals surface area (Å²) in [5, 5.41) is 3.92. The predicted molar refractivity (Wildman–Crippen MR) is 97.6 cm³/mol. The van der Waals surface area contributed by atoms with Crippen molar-refractivity contribution >= 4 is 24.0 Å². The second-order valence-corrected chi connectivity index (χ2v) is 6.39. The standard InChI is InChI=1S/C18H23N3O3.ClH/c1-12-7-16(24-20-12)9-14-10-21(11-17(14)23-2)18(22)8-13-3-5-15(19)6-4-13;/h3-7,14,17H,8-11,19H2,1-2H3;1H/t14-,17+;/m1./s1. The number of carbonyl (C=O) groups is 1. The highest BCUT2D eigenvalue weighted by Gasteiger charge is 2.35. The summed E-state index contributed by atoms with van der Waals surface area (Å²) in [5.41, 5.74) is 8.22. The van der Waals surface area contributed by atoms with Gasteiger partial charge in [-0.15, -0.1) is 12.4 Å². The van der Waals surface area contributed by atoms with Crippen LogP contribution in [0.2, 0.25) is 0 Å². The first-order valence-corrected chi connectivity index (χ1v) is 8.12. The SMILES string of the molecule is CO[C@H]1CN(C(=O)Cc2ccc(N)cc2)C[C@H]1Cc1cc(C)no1.Cl. The molecule has 1 aliphatic rings. The van der Waals surface area contributed by atoms with Crippen molar-refractivity contribution in [3.63, 3.8) is 0 Å². The third kappa shape index (κ3) is 4.74. The number of amides is 1. The second kappa shape index (κ2) is 8.36. The smallest absolute Gasteiger partial charge is 0.227 e. The van der Waals surface area contributed by atoms with Gasteiger partial charge in [0.2, 0.25) is 5.91 Å². The van der Waals surface area contributed by atoms with Crippen LogP contribution >= 0.6 is 12.4 Å². The average molecular weight is 366 g/mol. The Bertz CT molecular complexity index is 702. The van der Waals surface area contributed by atoms with Crippen molar-refractivity contribution in [3.8, 4) is 0 Å². The molecule has 136 valence electrons. The number of aromatic nitrogens is 1. The first-order valence-electron chi connectivity index (χ1n) is 8.12. The molecule has 1 aromatic carbocycles. The van der Waals surface area contributed by atoms with E-state index in [1.807, 2.05) is 42.2 Å². The molecule has 2 N–H and O–H groups in total. The quantitative estimate of drug-likeness (QED) is 0.822. The third-order valence-electron chi connectivity index (χ3n) is 4.51. The summed E-state index contributed by atoms with van der Waals surface area (Å²) in [6.45, 7) is 3.19. The molecule has 0 bridgehead atoms. The maximum Gasteiger partial charge on any atom is 0.227 e. The first-order chi connectivity index (χ1) is 11.5. The molecule has 0 radical (unpaired) electrons. The van der Waals surface area contributed by atoms with Gasteiger partial charge in [0, 0.05) is 44.3 Å². The summed E-state index contributed by atoms with van der Waals surface area (Å²) < 4.78 is 10.9. The Morgan fingerprint density at radius 2 is 2.08 bits per heavy atom. The number of rotatable bonds is 5. The van der Waals surface area contributed by atoms with E-state index in [2.05, 4.69) is 5.16 Å². The molecule has 1 fully saturated rings. The van der Waals surface area contributed by atoms with Crippen LogP contribution in [0.5, 0.6) is 0 Å². The summed E-state index contributed by atoms with van der Waals surface area (Å²) in [5.74, 6) is 1.17. The van der Waals surface area contributed by atoms with Gasteiger partial charge in [0.05, 0.1) is 18.2 Å². The fraction of sp³-hybridized carbons (Fsp3) is 0.444. The lowest BCUT2D eigenvalue weighted by Gasteiger charge is -2.16. The van der Waals surface area contributed by atoms with E-state index in [9.17, 15) is 4.79 Å². The van der Waals surface area contributed by atoms with Gasteiger partial charge in [-0.1, -0.05) is 17.3 Å². The van der Waals surface area contributed by atoms with Gasteiger partial charge in [0.15, 0.2) is 0 Å². The van der Waals surface area contributed by atoms with Crippen molar-refractivity contribution in [1.29, 1.82) is 0 Å². The van der Waals surface area contributed by atoms with E-state index in [1.165, 1.54) is 0 Å². The number of ether oxygens (including phenoxy) is 1. The van der Waals surface area contributed by atoms with Crippen LogP contribution in [0.1, 0.15) is 17.0 Å². The fourth-order valence-electron chi connectivity index (χ4n) is 3.20. The van der Waals surface area contributed by atoms with Gasteiger partial charge in [-0.25, -0.2) is 0 Å². The molecule has 1 aromatic heterocycles. The minimum Gasteiger partial charge on any atom is -0.399 e. The topological polar surface area (TPSA) is 81.6 Å². The normalized spacial score (nSPS) is 19.7. The maximum absolute atomic E-state index is 12.6. The summed E-state index contributed by atoms with van der Waals surface area (Å²) in [6, 6.07) is 9.36. The molecule has 0 unspecified atom stereocenters. The number of methoxy groups -OCH3 is 1. The number of nitrogen functional groups attached to an aromatic ring is 1. The lowest BCUT2D eigenvalue weighted by atomic mass is 10.0. The number of nitrogens with two attached hydrogens (primary N) is 1.